The van der Waals surface area contributed by atoms with Crippen LogP contribution >= 0.6 is 0 Å². The van der Waals surface area contributed by atoms with Crippen molar-refractivity contribution in [2.75, 3.05) is 12.4 Å². The summed E-state index contributed by atoms with van der Waals surface area (Å²) in [7, 11) is 1.60. The first-order valence-corrected chi connectivity index (χ1v) is 10.1. The van der Waals surface area contributed by atoms with Gasteiger partial charge in [0.2, 0.25) is 5.88 Å². The van der Waals surface area contributed by atoms with Crippen LogP contribution in [0.3, 0.4) is 0 Å². The third-order valence-electron chi connectivity index (χ3n) is 4.82. The summed E-state index contributed by atoms with van der Waals surface area (Å²) in [4.78, 5) is 24.7. The number of nitrogens with one attached hydrogen (secondary N) is 1. The monoisotopic (exact) mass is 445 g/mol. The summed E-state index contributed by atoms with van der Waals surface area (Å²) >= 11 is 0. The molecule has 4 aromatic rings. The van der Waals surface area contributed by atoms with Crippen molar-refractivity contribution in [2.24, 2.45) is 0 Å². The van der Waals surface area contributed by atoms with Crippen LogP contribution in [0.1, 0.15) is 15.9 Å². The Morgan fingerprint density at radius 1 is 0.970 bits per heavy atom. The third kappa shape index (κ3) is 5.24. The molecule has 3 aromatic carbocycles. The highest BCUT2D eigenvalue weighted by atomic mass is 19.1. The number of benzene rings is 3. The van der Waals surface area contributed by atoms with Crippen molar-refractivity contribution in [2.45, 2.75) is 6.61 Å². The SMILES string of the molecule is COc1ccc(COc2ccc(=O)n(-c3ccc(C(=O)Nc4ccccc4F)cc3)n2)cc1. The van der Waals surface area contributed by atoms with Crippen molar-refractivity contribution >= 4 is 11.6 Å². The first kappa shape index (κ1) is 21.8. The number of halogens is 1. The van der Waals surface area contributed by atoms with E-state index in [1.807, 2.05) is 24.3 Å². The smallest absolute Gasteiger partial charge is 0.271 e. The summed E-state index contributed by atoms with van der Waals surface area (Å²) < 4.78 is 25.8. The Morgan fingerprint density at radius 3 is 2.39 bits per heavy atom. The van der Waals surface area contributed by atoms with Gasteiger partial charge in [-0.1, -0.05) is 24.3 Å². The van der Waals surface area contributed by atoms with E-state index in [0.717, 1.165) is 11.3 Å². The quantitative estimate of drug-likeness (QED) is 0.461. The van der Waals surface area contributed by atoms with Crippen molar-refractivity contribution < 1.29 is 18.7 Å². The maximum Gasteiger partial charge on any atom is 0.271 e. The number of carbonyl (C=O) groups excluding carboxylic acids is 1. The molecule has 8 heteroatoms. The van der Waals surface area contributed by atoms with Crippen molar-refractivity contribution in [1.82, 2.24) is 9.78 Å². The van der Waals surface area contributed by atoms with Crippen LogP contribution < -0.4 is 20.3 Å². The number of ether oxygens (including phenoxy) is 2. The summed E-state index contributed by atoms with van der Waals surface area (Å²) in [5.41, 5.74) is 1.42. The van der Waals surface area contributed by atoms with E-state index in [2.05, 4.69) is 10.4 Å². The van der Waals surface area contributed by atoms with Crippen LogP contribution in [0, 0.1) is 5.82 Å². The molecule has 0 aliphatic heterocycles. The Balaban J connectivity index is 1.47. The van der Waals surface area contributed by atoms with Crippen LogP contribution in [0.5, 0.6) is 11.6 Å². The molecule has 1 heterocycles. The zero-order valence-corrected chi connectivity index (χ0v) is 17.7. The molecule has 0 fully saturated rings. The fourth-order valence-electron chi connectivity index (χ4n) is 3.05. The summed E-state index contributed by atoms with van der Waals surface area (Å²) in [6.45, 7) is 0.268. The molecular formula is C25H20FN3O4. The van der Waals surface area contributed by atoms with Gasteiger partial charge in [-0.2, -0.15) is 4.68 Å². The van der Waals surface area contributed by atoms with Gasteiger partial charge in [0.05, 0.1) is 18.5 Å². The highest BCUT2D eigenvalue weighted by Crippen LogP contribution is 2.16. The molecule has 1 N–H and O–H groups in total. The lowest BCUT2D eigenvalue weighted by Crippen LogP contribution is -2.21. The number of nitrogens with zero attached hydrogens (tertiary/aromatic N) is 2. The standard InChI is InChI=1S/C25H20FN3O4/c1-32-20-12-6-17(7-13-20)16-33-23-14-15-24(30)29(28-23)19-10-8-18(9-11-19)25(31)27-22-5-3-2-4-21(22)26/h2-15H,16H2,1H3,(H,27,31). The Bertz CT molecular complexity index is 1320. The summed E-state index contributed by atoms with van der Waals surface area (Å²) in [5.74, 6) is 0.0245. The van der Waals surface area contributed by atoms with E-state index in [1.165, 1.54) is 41.1 Å². The van der Waals surface area contributed by atoms with Crippen LogP contribution in [-0.2, 0) is 6.61 Å². The van der Waals surface area contributed by atoms with Gasteiger partial charge >= 0.3 is 0 Å². The van der Waals surface area contributed by atoms with E-state index >= 15 is 0 Å². The maximum absolute atomic E-state index is 13.8. The molecule has 1 amide bonds. The number of hydrogen-bond acceptors (Lipinski definition) is 5. The minimum Gasteiger partial charge on any atom is -0.497 e. The van der Waals surface area contributed by atoms with Crippen LogP contribution in [0.4, 0.5) is 10.1 Å². The van der Waals surface area contributed by atoms with Gasteiger partial charge in [-0.3, -0.25) is 9.59 Å². The van der Waals surface area contributed by atoms with Gasteiger partial charge < -0.3 is 14.8 Å². The van der Waals surface area contributed by atoms with E-state index in [4.69, 9.17) is 9.47 Å². The Hall–Kier alpha value is -4.46. The molecule has 0 unspecified atom stereocenters. The van der Waals surface area contributed by atoms with Gasteiger partial charge in [0, 0.05) is 17.7 Å². The van der Waals surface area contributed by atoms with E-state index < -0.39 is 11.7 Å². The van der Waals surface area contributed by atoms with E-state index in [9.17, 15) is 14.0 Å². The molecule has 0 spiro atoms. The Kier molecular flexibility index (Phi) is 6.45. The molecular weight excluding hydrogens is 425 g/mol. The van der Waals surface area contributed by atoms with Gasteiger partial charge in [0.25, 0.3) is 11.5 Å². The Morgan fingerprint density at radius 2 is 1.70 bits per heavy atom. The molecule has 0 aliphatic carbocycles. The van der Waals surface area contributed by atoms with Gasteiger partial charge in [0.1, 0.15) is 18.2 Å². The molecule has 0 bridgehead atoms. The number of methoxy groups -OCH3 is 1. The second-order valence-electron chi connectivity index (χ2n) is 7.04. The highest BCUT2D eigenvalue weighted by molar-refractivity contribution is 6.04. The number of aromatic nitrogens is 2. The Labute approximate surface area is 189 Å². The van der Waals surface area contributed by atoms with Crippen molar-refractivity contribution in [3.8, 4) is 17.3 Å². The van der Waals surface area contributed by atoms with Crippen LogP contribution in [0.2, 0.25) is 0 Å². The number of para-hydroxylation sites is 1. The zero-order chi connectivity index (χ0) is 23.2. The lowest BCUT2D eigenvalue weighted by atomic mass is 10.2. The summed E-state index contributed by atoms with van der Waals surface area (Å²) in [6.07, 6.45) is 0. The molecule has 1 aromatic heterocycles. The number of anilines is 1. The summed E-state index contributed by atoms with van der Waals surface area (Å²) in [5, 5.41) is 6.77. The van der Waals surface area contributed by atoms with Crippen LogP contribution in [0.25, 0.3) is 5.69 Å². The lowest BCUT2D eigenvalue weighted by molar-refractivity contribution is 0.102. The largest absolute Gasteiger partial charge is 0.497 e. The first-order chi connectivity index (χ1) is 16.0. The molecule has 0 saturated heterocycles. The number of rotatable bonds is 7. The second-order valence-corrected chi connectivity index (χ2v) is 7.04. The van der Waals surface area contributed by atoms with Gasteiger partial charge in [-0.25, -0.2) is 4.39 Å². The molecule has 4 rings (SSSR count). The second kappa shape index (κ2) is 9.78. The fraction of sp³-hybridized carbons (Fsp3) is 0.0800. The molecule has 166 valence electrons. The molecule has 7 nitrogen and oxygen atoms in total. The average molecular weight is 445 g/mol. The fourth-order valence-corrected chi connectivity index (χ4v) is 3.05. The van der Waals surface area contributed by atoms with E-state index in [0.29, 0.717) is 11.3 Å². The number of carbonyl (C=O) groups is 1. The highest BCUT2D eigenvalue weighted by Gasteiger charge is 2.10. The zero-order valence-electron chi connectivity index (χ0n) is 17.7. The van der Waals surface area contributed by atoms with Crippen molar-refractivity contribution in [3.05, 3.63) is 112 Å². The molecule has 0 saturated carbocycles. The minimum atomic E-state index is -0.523. The molecule has 33 heavy (non-hydrogen) atoms. The number of amides is 1. The average Bonchev–Trinajstić information content (AvgIpc) is 2.85. The van der Waals surface area contributed by atoms with Crippen LogP contribution in [0.15, 0.2) is 89.7 Å². The topological polar surface area (TPSA) is 82.5 Å². The predicted molar refractivity (Wildman–Crippen MR) is 122 cm³/mol. The van der Waals surface area contributed by atoms with Crippen molar-refractivity contribution in [1.29, 1.82) is 0 Å². The van der Waals surface area contributed by atoms with E-state index in [-0.39, 0.29) is 23.7 Å². The number of hydrogen-bond donors (Lipinski definition) is 1. The molecule has 0 aliphatic rings. The van der Waals surface area contributed by atoms with Gasteiger partial charge in [-0.15, -0.1) is 5.10 Å². The predicted octanol–water partition coefficient (Wildman–Crippen LogP) is 4.21. The maximum atomic E-state index is 13.8. The normalized spacial score (nSPS) is 10.5. The van der Waals surface area contributed by atoms with E-state index in [1.54, 1.807) is 31.4 Å². The minimum absolute atomic E-state index is 0.0890. The first-order valence-electron chi connectivity index (χ1n) is 10.1. The molecule has 0 atom stereocenters. The van der Waals surface area contributed by atoms with Crippen LogP contribution in [-0.4, -0.2) is 22.8 Å². The van der Waals surface area contributed by atoms with Crippen molar-refractivity contribution in [3.63, 3.8) is 0 Å². The lowest BCUT2D eigenvalue weighted by Gasteiger charge is -2.10. The summed E-state index contributed by atoms with van der Waals surface area (Å²) in [6, 6.07) is 22.4. The third-order valence-corrected chi connectivity index (χ3v) is 4.82. The van der Waals surface area contributed by atoms with Gasteiger partial charge in [0.15, 0.2) is 0 Å². The molecule has 0 radical (unpaired) electrons. The van der Waals surface area contributed by atoms with Gasteiger partial charge in [-0.05, 0) is 54.1 Å².